The van der Waals surface area contributed by atoms with E-state index in [1.165, 1.54) is 11.1 Å². The maximum atomic E-state index is 11.7. The molecule has 1 heterocycles. The van der Waals surface area contributed by atoms with Gasteiger partial charge in [0, 0.05) is 12.6 Å². The van der Waals surface area contributed by atoms with Gasteiger partial charge in [0.2, 0.25) is 5.91 Å². The van der Waals surface area contributed by atoms with E-state index in [0.717, 1.165) is 17.5 Å². The third kappa shape index (κ3) is 5.06. The van der Waals surface area contributed by atoms with Gasteiger partial charge in [-0.2, -0.15) is 0 Å². The van der Waals surface area contributed by atoms with Crippen molar-refractivity contribution in [2.24, 2.45) is 4.99 Å². The summed E-state index contributed by atoms with van der Waals surface area (Å²) in [4.78, 5) is 16.7. The van der Waals surface area contributed by atoms with Gasteiger partial charge >= 0.3 is 0 Å². The van der Waals surface area contributed by atoms with E-state index in [1.807, 2.05) is 49.5 Å². The van der Waals surface area contributed by atoms with Crippen molar-refractivity contribution in [2.45, 2.75) is 57.7 Å². The zero-order valence-electron chi connectivity index (χ0n) is 18.4. The van der Waals surface area contributed by atoms with Crippen LogP contribution >= 0.6 is 0 Å². The van der Waals surface area contributed by atoms with E-state index in [-0.39, 0.29) is 12.0 Å². The first-order valence-corrected chi connectivity index (χ1v) is 10.5. The average molecular weight is 405 g/mol. The first-order chi connectivity index (χ1) is 14.3. The van der Waals surface area contributed by atoms with E-state index >= 15 is 0 Å². The first-order valence-electron chi connectivity index (χ1n) is 10.5. The third-order valence-corrected chi connectivity index (χ3v) is 5.75. The Morgan fingerprint density at radius 2 is 1.90 bits per heavy atom. The van der Waals surface area contributed by atoms with Crippen LogP contribution in [0.3, 0.4) is 0 Å². The Kier molecular flexibility index (Phi) is 6.57. The Bertz CT molecular complexity index is 917. The standard InChI is InChI=1S/C26H32N2O2/c1-6-26(23-10-8-7-9-11-23,27-17-25(5)13-12-24(29)28-25)18-30-21(4)22-15-19(2)14-20(3)16-22/h6-11,14-17,21H,1,12-13,18H2,2-5H3,(H,28,29)/b27-17-/t21-,25+,26-/m1/s1. The molecule has 1 aliphatic heterocycles. The second-order valence-corrected chi connectivity index (χ2v) is 8.59. The molecule has 0 unspecified atom stereocenters. The van der Waals surface area contributed by atoms with Gasteiger partial charge in [0.25, 0.3) is 0 Å². The second-order valence-electron chi connectivity index (χ2n) is 8.59. The molecule has 2 aromatic rings. The first kappa shape index (κ1) is 22.0. The summed E-state index contributed by atoms with van der Waals surface area (Å²) in [6, 6.07) is 16.5. The molecule has 3 rings (SSSR count). The predicted octanol–water partition coefficient (Wildman–Crippen LogP) is 5.20. The Morgan fingerprint density at radius 1 is 1.23 bits per heavy atom. The van der Waals surface area contributed by atoms with E-state index in [2.05, 4.69) is 50.9 Å². The highest BCUT2D eigenvalue weighted by Gasteiger charge is 2.34. The lowest BCUT2D eigenvalue weighted by atomic mass is 9.90. The summed E-state index contributed by atoms with van der Waals surface area (Å²) >= 11 is 0. The van der Waals surface area contributed by atoms with Gasteiger partial charge in [0.15, 0.2) is 0 Å². The molecule has 1 fully saturated rings. The summed E-state index contributed by atoms with van der Waals surface area (Å²) in [6.07, 6.45) is 4.88. The van der Waals surface area contributed by atoms with E-state index < -0.39 is 11.1 Å². The molecule has 30 heavy (non-hydrogen) atoms. The summed E-state index contributed by atoms with van der Waals surface area (Å²) < 4.78 is 6.35. The normalized spacial score (nSPS) is 21.9. The topological polar surface area (TPSA) is 50.7 Å². The van der Waals surface area contributed by atoms with Crippen LogP contribution in [0.25, 0.3) is 0 Å². The van der Waals surface area contributed by atoms with Crippen molar-refractivity contribution in [3.63, 3.8) is 0 Å². The fourth-order valence-corrected chi connectivity index (χ4v) is 3.92. The zero-order chi connectivity index (χ0) is 21.8. The number of nitrogens with one attached hydrogen (secondary N) is 1. The van der Waals surface area contributed by atoms with Gasteiger partial charge in [-0.3, -0.25) is 9.79 Å². The van der Waals surface area contributed by atoms with Crippen LogP contribution in [0.2, 0.25) is 0 Å². The van der Waals surface area contributed by atoms with Gasteiger partial charge in [-0.1, -0.05) is 65.7 Å². The fraction of sp³-hybridized carbons (Fsp3) is 0.385. The van der Waals surface area contributed by atoms with Crippen molar-refractivity contribution in [3.05, 3.63) is 83.4 Å². The summed E-state index contributed by atoms with van der Waals surface area (Å²) in [6.45, 7) is 12.7. The molecule has 0 bridgehead atoms. The lowest BCUT2D eigenvalue weighted by Gasteiger charge is -2.30. The molecule has 0 radical (unpaired) electrons. The number of carbonyl (C=O) groups is 1. The summed E-state index contributed by atoms with van der Waals surface area (Å²) in [5.41, 5.74) is 3.43. The molecular weight excluding hydrogens is 372 g/mol. The SMILES string of the molecule is C=C[C@](CO[C@H](C)c1cc(C)cc(C)c1)(/N=C\[C@]1(C)CCC(=O)N1)c1ccccc1. The van der Waals surface area contributed by atoms with Crippen LogP contribution in [-0.2, 0) is 15.1 Å². The maximum absolute atomic E-state index is 11.7. The second kappa shape index (κ2) is 8.97. The number of aliphatic imine (C=N–C) groups is 1. The third-order valence-electron chi connectivity index (χ3n) is 5.75. The van der Waals surface area contributed by atoms with Crippen molar-refractivity contribution < 1.29 is 9.53 Å². The number of aryl methyl sites for hydroxylation is 2. The monoisotopic (exact) mass is 404 g/mol. The highest BCUT2D eigenvalue weighted by Crippen LogP contribution is 2.31. The van der Waals surface area contributed by atoms with Crippen molar-refractivity contribution >= 4 is 12.1 Å². The maximum Gasteiger partial charge on any atom is 0.220 e. The van der Waals surface area contributed by atoms with Gasteiger partial charge < -0.3 is 10.1 Å². The Labute approximate surface area is 180 Å². The summed E-state index contributed by atoms with van der Waals surface area (Å²) in [5.74, 6) is 0.0625. The van der Waals surface area contributed by atoms with Gasteiger partial charge in [-0.15, -0.1) is 6.58 Å². The Hall–Kier alpha value is -2.72. The molecule has 0 aliphatic carbocycles. The van der Waals surface area contributed by atoms with Crippen LogP contribution in [0.5, 0.6) is 0 Å². The molecule has 0 aromatic heterocycles. The molecule has 2 aromatic carbocycles. The minimum atomic E-state index is -0.731. The number of hydrogen-bond donors (Lipinski definition) is 1. The number of nitrogens with zero attached hydrogens (tertiary/aromatic N) is 1. The molecular formula is C26H32N2O2. The molecule has 1 saturated heterocycles. The largest absolute Gasteiger partial charge is 0.371 e. The van der Waals surface area contributed by atoms with E-state index in [0.29, 0.717) is 13.0 Å². The Balaban J connectivity index is 1.87. The highest BCUT2D eigenvalue weighted by molar-refractivity contribution is 5.87. The van der Waals surface area contributed by atoms with Crippen molar-refractivity contribution in [2.75, 3.05) is 6.61 Å². The quantitative estimate of drug-likeness (QED) is 0.485. The van der Waals surface area contributed by atoms with Crippen molar-refractivity contribution in [1.29, 1.82) is 0 Å². The van der Waals surface area contributed by atoms with Crippen LogP contribution in [-0.4, -0.2) is 24.3 Å². The highest BCUT2D eigenvalue weighted by atomic mass is 16.5. The summed E-state index contributed by atoms with van der Waals surface area (Å²) in [5, 5.41) is 3.02. The Morgan fingerprint density at radius 3 is 2.47 bits per heavy atom. The van der Waals surface area contributed by atoms with Crippen molar-refractivity contribution in [1.82, 2.24) is 5.32 Å². The van der Waals surface area contributed by atoms with Crippen LogP contribution in [0.4, 0.5) is 0 Å². The van der Waals surface area contributed by atoms with Gasteiger partial charge in [-0.25, -0.2) is 0 Å². The molecule has 158 valence electrons. The van der Waals surface area contributed by atoms with Crippen LogP contribution < -0.4 is 5.32 Å². The van der Waals surface area contributed by atoms with Crippen LogP contribution in [0.15, 0.2) is 66.2 Å². The van der Waals surface area contributed by atoms with Crippen LogP contribution in [0, 0.1) is 13.8 Å². The van der Waals surface area contributed by atoms with Crippen molar-refractivity contribution in [3.8, 4) is 0 Å². The number of amides is 1. The smallest absolute Gasteiger partial charge is 0.220 e. The molecule has 0 saturated carbocycles. The van der Waals surface area contributed by atoms with Gasteiger partial charge in [-0.05, 0) is 45.2 Å². The number of ether oxygens (including phenoxy) is 1. The van der Waals surface area contributed by atoms with Crippen LogP contribution in [0.1, 0.15) is 55.0 Å². The summed E-state index contributed by atoms with van der Waals surface area (Å²) in [7, 11) is 0. The number of carbonyl (C=O) groups excluding carboxylic acids is 1. The average Bonchev–Trinajstić information content (AvgIpc) is 3.07. The van der Waals surface area contributed by atoms with Gasteiger partial charge in [0.05, 0.1) is 18.2 Å². The minimum Gasteiger partial charge on any atom is -0.371 e. The lowest BCUT2D eigenvalue weighted by molar-refractivity contribution is -0.119. The van der Waals surface area contributed by atoms with E-state index in [9.17, 15) is 4.79 Å². The molecule has 1 N–H and O–H groups in total. The number of benzene rings is 2. The zero-order valence-corrected chi connectivity index (χ0v) is 18.4. The lowest BCUT2D eigenvalue weighted by Crippen LogP contribution is -2.41. The van der Waals surface area contributed by atoms with E-state index in [1.54, 1.807) is 0 Å². The molecule has 4 nitrogen and oxygen atoms in total. The molecule has 0 spiro atoms. The minimum absolute atomic E-state index is 0.0625. The molecule has 4 heteroatoms. The number of rotatable bonds is 8. The molecule has 1 aliphatic rings. The predicted molar refractivity (Wildman–Crippen MR) is 123 cm³/mol. The number of hydrogen-bond acceptors (Lipinski definition) is 3. The molecule has 3 atom stereocenters. The van der Waals surface area contributed by atoms with Gasteiger partial charge in [0.1, 0.15) is 5.54 Å². The molecule has 1 amide bonds. The van der Waals surface area contributed by atoms with E-state index in [4.69, 9.17) is 9.73 Å². The fourth-order valence-electron chi connectivity index (χ4n) is 3.92.